The van der Waals surface area contributed by atoms with Gasteiger partial charge in [0.25, 0.3) is 5.91 Å². The molecular weight excluding hydrogens is 326 g/mol. The number of amides is 1. The van der Waals surface area contributed by atoms with Crippen LogP contribution in [0, 0.1) is 11.8 Å². The second-order valence-corrected chi connectivity index (χ2v) is 7.75. The predicted octanol–water partition coefficient (Wildman–Crippen LogP) is 2.00. The van der Waals surface area contributed by atoms with E-state index in [1.54, 1.807) is 6.33 Å². The number of imidazole rings is 1. The Morgan fingerprint density at radius 3 is 2.77 bits per heavy atom. The largest absolute Gasteiger partial charge is 0.352 e. The van der Waals surface area contributed by atoms with Crippen molar-refractivity contribution < 1.29 is 4.79 Å². The van der Waals surface area contributed by atoms with Gasteiger partial charge in [0.05, 0.1) is 17.4 Å². The molecule has 6 nitrogen and oxygen atoms in total. The molecule has 1 aromatic carbocycles. The molecule has 2 aliphatic heterocycles. The van der Waals surface area contributed by atoms with Crippen LogP contribution in [0.4, 0.5) is 0 Å². The zero-order chi connectivity index (χ0) is 17.8. The number of aromatic nitrogens is 2. The van der Waals surface area contributed by atoms with Gasteiger partial charge >= 0.3 is 0 Å². The van der Waals surface area contributed by atoms with Crippen LogP contribution in [0.25, 0.3) is 11.0 Å². The smallest absolute Gasteiger partial charge is 0.253 e. The van der Waals surface area contributed by atoms with E-state index < -0.39 is 0 Å². The highest BCUT2D eigenvalue weighted by atomic mass is 16.1. The number of rotatable bonds is 5. The Labute approximate surface area is 154 Å². The predicted molar refractivity (Wildman–Crippen MR) is 103 cm³/mol. The zero-order valence-corrected chi connectivity index (χ0v) is 15.3. The summed E-state index contributed by atoms with van der Waals surface area (Å²) in [6, 6.07) is 5.69. The van der Waals surface area contributed by atoms with Crippen molar-refractivity contribution in [3.05, 3.63) is 30.1 Å². The van der Waals surface area contributed by atoms with E-state index in [0.29, 0.717) is 11.5 Å². The van der Waals surface area contributed by atoms with Gasteiger partial charge in [-0.05, 0) is 75.8 Å². The quantitative estimate of drug-likeness (QED) is 0.767. The summed E-state index contributed by atoms with van der Waals surface area (Å²) in [7, 11) is 0. The Bertz CT molecular complexity index is 729. The number of H-pyrrole nitrogens is 1. The van der Waals surface area contributed by atoms with Crippen molar-refractivity contribution in [2.45, 2.75) is 25.7 Å². The van der Waals surface area contributed by atoms with Crippen molar-refractivity contribution in [3.8, 4) is 0 Å². The standard InChI is InChI=1S/C20H29N5O/c26-20(17-2-1-3-18-19(17)24-14-23-18)22-12-15-6-10-25(11-7-15)13-16-4-8-21-9-5-16/h1-3,14-16,21H,4-13H2,(H,22,26)(H,23,24). The lowest BCUT2D eigenvalue weighted by atomic mass is 9.93. The second kappa shape index (κ2) is 8.18. The second-order valence-electron chi connectivity index (χ2n) is 7.75. The average Bonchev–Trinajstić information content (AvgIpc) is 3.17. The van der Waals surface area contributed by atoms with Crippen molar-refractivity contribution in [1.29, 1.82) is 0 Å². The van der Waals surface area contributed by atoms with E-state index in [1.165, 1.54) is 58.4 Å². The van der Waals surface area contributed by atoms with Crippen LogP contribution >= 0.6 is 0 Å². The third-order valence-corrected chi connectivity index (χ3v) is 5.93. The maximum atomic E-state index is 12.5. The lowest BCUT2D eigenvalue weighted by Crippen LogP contribution is -2.42. The van der Waals surface area contributed by atoms with Crippen LogP contribution in [-0.4, -0.2) is 60.0 Å². The molecule has 2 fully saturated rings. The third-order valence-electron chi connectivity index (χ3n) is 5.93. The van der Waals surface area contributed by atoms with Crippen LogP contribution in [-0.2, 0) is 0 Å². The fraction of sp³-hybridized carbons (Fsp3) is 0.600. The lowest BCUT2D eigenvalue weighted by molar-refractivity contribution is 0.0933. The maximum absolute atomic E-state index is 12.5. The number of aromatic amines is 1. The number of para-hydroxylation sites is 1. The average molecular weight is 355 g/mol. The van der Waals surface area contributed by atoms with Gasteiger partial charge in [-0.3, -0.25) is 4.79 Å². The summed E-state index contributed by atoms with van der Waals surface area (Å²) < 4.78 is 0. The minimum absolute atomic E-state index is 0.0140. The van der Waals surface area contributed by atoms with E-state index in [0.717, 1.165) is 23.5 Å². The van der Waals surface area contributed by atoms with Crippen molar-refractivity contribution in [3.63, 3.8) is 0 Å². The first-order valence-electron chi connectivity index (χ1n) is 9.93. The number of nitrogens with zero attached hydrogens (tertiary/aromatic N) is 2. The van der Waals surface area contributed by atoms with Crippen LogP contribution in [0.1, 0.15) is 36.0 Å². The molecule has 6 heteroatoms. The fourth-order valence-corrected chi connectivity index (χ4v) is 4.28. The van der Waals surface area contributed by atoms with E-state index in [-0.39, 0.29) is 5.91 Å². The summed E-state index contributed by atoms with van der Waals surface area (Å²) >= 11 is 0. The molecule has 2 aliphatic rings. The van der Waals surface area contributed by atoms with Gasteiger partial charge in [0.2, 0.25) is 0 Å². The molecule has 0 saturated carbocycles. The van der Waals surface area contributed by atoms with Gasteiger partial charge in [-0.15, -0.1) is 0 Å². The minimum atomic E-state index is -0.0140. The molecule has 1 aromatic heterocycles. The number of likely N-dealkylation sites (tertiary alicyclic amines) is 1. The van der Waals surface area contributed by atoms with Crippen LogP contribution in [0.5, 0.6) is 0 Å². The Morgan fingerprint density at radius 2 is 1.96 bits per heavy atom. The number of nitrogens with one attached hydrogen (secondary N) is 3. The molecule has 3 N–H and O–H groups in total. The summed E-state index contributed by atoms with van der Waals surface area (Å²) in [5.41, 5.74) is 2.32. The molecule has 2 aromatic rings. The number of piperidine rings is 2. The van der Waals surface area contributed by atoms with Gasteiger partial charge in [0.15, 0.2) is 0 Å². The molecule has 26 heavy (non-hydrogen) atoms. The van der Waals surface area contributed by atoms with Crippen LogP contribution in [0.15, 0.2) is 24.5 Å². The number of hydrogen-bond donors (Lipinski definition) is 3. The van der Waals surface area contributed by atoms with Gasteiger partial charge in [-0.25, -0.2) is 4.98 Å². The van der Waals surface area contributed by atoms with Gasteiger partial charge in [-0.2, -0.15) is 0 Å². The first-order chi connectivity index (χ1) is 12.8. The van der Waals surface area contributed by atoms with E-state index >= 15 is 0 Å². The summed E-state index contributed by atoms with van der Waals surface area (Å²) in [5, 5.41) is 6.57. The minimum Gasteiger partial charge on any atom is -0.352 e. The van der Waals surface area contributed by atoms with Crippen LogP contribution < -0.4 is 10.6 Å². The maximum Gasteiger partial charge on any atom is 0.253 e. The Morgan fingerprint density at radius 1 is 1.15 bits per heavy atom. The summed E-state index contributed by atoms with van der Waals surface area (Å²) in [4.78, 5) is 22.5. The monoisotopic (exact) mass is 355 g/mol. The fourth-order valence-electron chi connectivity index (χ4n) is 4.28. The van der Waals surface area contributed by atoms with Crippen LogP contribution in [0.2, 0.25) is 0 Å². The van der Waals surface area contributed by atoms with Gasteiger partial charge in [0, 0.05) is 13.1 Å². The number of carbonyl (C=O) groups excluding carboxylic acids is 1. The molecule has 0 unspecified atom stereocenters. The zero-order valence-electron chi connectivity index (χ0n) is 15.3. The Balaban J connectivity index is 1.23. The molecule has 140 valence electrons. The van der Waals surface area contributed by atoms with E-state index in [2.05, 4.69) is 25.5 Å². The highest BCUT2D eigenvalue weighted by Crippen LogP contribution is 2.21. The molecule has 2 saturated heterocycles. The summed E-state index contributed by atoms with van der Waals surface area (Å²) in [5.74, 6) is 1.43. The van der Waals surface area contributed by atoms with Crippen molar-refractivity contribution >= 4 is 16.9 Å². The molecule has 0 radical (unpaired) electrons. The molecule has 0 atom stereocenters. The summed E-state index contributed by atoms with van der Waals surface area (Å²) in [6.45, 7) is 6.70. The first-order valence-corrected chi connectivity index (χ1v) is 9.93. The topological polar surface area (TPSA) is 73.1 Å². The first kappa shape index (κ1) is 17.5. The highest BCUT2D eigenvalue weighted by molar-refractivity contribution is 6.04. The molecule has 0 bridgehead atoms. The highest BCUT2D eigenvalue weighted by Gasteiger charge is 2.23. The van der Waals surface area contributed by atoms with E-state index in [1.807, 2.05) is 18.2 Å². The molecular formula is C20H29N5O. The van der Waals surface area contributed by atoms with Gasteiger partial charge in [0.1, 0.15) is 5.52 Å². The molecule has 4 rings (SSSR count). The normalized spacial score (nSPS) is 20.5. The molecule has 3 heterocycles. The molecule has 0 spiro atoms. The summed E-state index contributed by atoms with van der Waals surface area (Å²) in [6.07, 6.45) is 6.62. The molecule has 1 amide bonds. The van der Waals surface area contributed by atoms with Gasteiger partial charge < -0.3 is 20.5 Å². The number of carbonyl (C=O) groups is 1. The van der Waals surface area contributed by atoms with E-state index in [9.17, 15) is 4.79 Å². The van der Waals surface area contributed by atoms with Crippen molar-refractivity contribution in [1.82, 2.24) is 25.5 Å². The Kier molecular flexibility index (Phi) is 5.51. The van der Waals surface area contributed by atoms with Crippen molar-refractivity contribution in [2.24, 2.45) is 11.8 Å². The van der Waals surface area contributed by atoms with Crippen molar-refractivity contribution in [2.75, 3.05) is 39.3 Å². The van der Waals surface area contributed by atoms with Crippen LogP contribution in [0.3, 0.4) is 0 Å². The van der Waals surface area contributed by atoms with E-state index in [4.69, 9.17) is 0 Å². The third kappa shape index (κ3) is 4.07. The number of benzene rings is 1. The number of fused-ring (bicyclic) bond motifs is 1. The molecule has 0 aliphatic carbocycles. The lowest BCUT2D eigenvalue weighted by Gasteiger charge is -2.35. The SMILES string of the molecule is O=C(NCC1CCN(CC2CCNCC2)CC1)c1cccc2[nH]cnc12. The Hall–Kier alpha value is -1.92. The van der Waals surface area contributed by atoms with Gasteiger partial charge in [-0.1, -0.05) is 6.07 Å². The number of hydrogen-bond acceptors (Lipinski definition) is 4.